The van der Waals surface area contributed by atoms with E-state index in [4.69, 9.17) is 5.11 Å². The Balaban J connectivity index is 1.84. The summed E-state index contributed by atoms with van der Waals surface area (Å²) in [5.41, 5.74) is 3.51. The summed E-state index contributed by atoms with van der Waals surface area (Å²) < 4.78 is 36.7. The van der Waals surface area contributed by atoms with Gasteiger partial charge >= 0.3 is 12.2 Å². The fraction of sp³-hybridized carbons (Fsp3) is 0.533. The zero-order valence-corrected chi connectivity index (χ0v) is 12.3. The molecule has 1 unspecified atom stereocenters. The number of urea groups is 1. The van der Waals surface area contributed by atoms with Crippen LogP contribution in [0.4, 0.5) is 18.0 Å². The average Bonchev–Trinajstić information content (AvgIpc) is 2.90. The average molecular weight is 316 g/mol. The molecule has 0 fully saturated rings. The zero-order chi connectivity index (χ0) is 16.3. The molecule has 1 aromatic rings. The number of rotatable bonds is 4. The SMILES string of the molecule is CN(CC(O)C(F)(F)F)C(=O)NCc1ccc2c(c1)CCC2. The van der Waals surface area contributed by atoms with Crippen LogP contribution in [-0.4, -0.2) is 41.9 Å². The highest BCUT2D eigenvalue weighted by atomic mass is 19.4. The molecule has 0 bridgehead atoms. The largest absolute Gasteiger partial charge is 0.416 e. The fourth-order valence-electron chi connectivity index (χ4n) is 2.49. The number of aryl methyl sites for hydroxylation is 2. The van der Waals surface area contributed by atoms with Gasteiger partial charge in [-0.15, -0.1) is 0 Å². The lowest BCUT2D eigenvalue weighted by Gasteiger charge is -2.22. The van der Waals surface area contributed by atoms with Gasteiger partial charge in [0.05, 0.1) is 6.54 Å². The van der Waals surface area contributed by atoms with E-state index in [2.05, 4.69) is 5.32 Å². The topological polar surface area (TPSA) is 52.6 Å². The molecule has 0 saturated heterocycles. The van der Waals surface area contributed by atoms with Crippen molar-refractivity contribution in [1.82, 2.24) is 10.2 Å². The maximum absolute atomic E-state index is 12.2. The van der Waals surface area contributed by atoms with E-state index in [0.29, 0.717) is 0 Å². The summed E-state index contributed by atoms with van der Waals surface area (Å²) in [5.74, 6) is 0. The molecule has 1 atom stereocenters. The first-order chi connectivity index (χ1) is 10.3. The summed E-state index contributed by atoms with van der Waals surface area (Å²) in [6.45, 7) is -0.544. The van der Waals surface area contributed by atoms with Crippen LogP contribution in [-0.2, 0) is 19.4 Å². The summed E-state index contributed by atoms with van der Waals surface area (Å²) in [6.07, 6.45) is -4.05. The molecule has 122 valence electrons. The monoisotopic (exact) mass is 316 g/mol. The van der Waals surface area contributed by atoms with Crippen molar-refractivity contribution in [2.75, 3.05) is 13.6 Å². The molecule has 0 heterocycles. The van der Waals surface area contributed by atoms with Crippen molar-refractivity contribution in [2.24, 2.45) is 0 Å². The van der Waals surface area contributed by atoms with E-state index < -0.39 is 24.9 Å². The van der Waals surface area contributed by atoms with Crippen molar-refractivity contribution in [1.29, 1.82) is 0 Å². The molecule has 0 aromatic heterocycles. The van der Waals surface area contributed by atoms with Crippen LogP contribution in [0.2, 0.25) is 0 Å². The standard InChI is InChI=1S/C15H19F3N2O2/c1-20(9-13(21)15(16,17)18)14(22)19-8-10-5-6-11-3-2-4-12(11)7-10/h5-7,13,21H,2-4,8-9H2,1H3,(H,19,22). The van der Waals surface area contributed by atoms with Gasteiger partial charge < -0.3 is 15.3 Å². The highest BCUT2D eigenvalue weighted by molar-refractivity contribution is 5.73. The van der Waals surface area contributed by atoms with Gasteiger partial charge in [0.2, 0.25) is 0 Å². The molecule has 0 radical (unpaired) electrons. The van der Waals surface area contributed by atoms with E-state index in [1.165, 1.54) is 18.2 Å². The summed E-state index contributed by atoms with van der Waals surface area (Å²) in [6, 6.07) is 5.31. The summed E-state index contributed by atoms with van der Waals surface area (Å²) in [7, 11) is 1.22. The molecule has 0 saturated carbocycles. The lowest BCUT2D eigenvalue weighted by atomic mass is 10.1. The molecule has 22 heavy (non-hydrogen) atoms. The fourth-order valence-corrected chi connectivity index (χ4v) is 2.49. The third kappa shape index (κ3) is 4.13. The number of likely N-dealkylation sites (N-methyl/N-ethyl adjacent to an activating group) is 1. The number of carbonyl (C=O) groups excluding carboxylic acids is 1. The number of nitrogens with zero attached hydrogens (tertiary/aromatic N) is 1. The van der Waals surface area contributed by atoms with Crippen molar-refractivity contribution >= 4 is 6.03 Å². The van der Waals surface area contributed by atoms with Crippen molar-refractivity contribution < 1.29 is 23.1 Å². The van der Waals surface area contributed by atoms with Crippen LogP contribution in [0.15, 0.2) is 18.2 Å². The van der Waals surface area contributed by atoms with Gasteiger partial charge in [-0.05, 0) is 36.0 Å². The van der Waals surface area contributed by atoms with Crippen molar-refractivity contribution in [3.63, 3.8) is 0 Å². The first-order valence-corrected chi connectivity index (χ1v) is 7.12. The van der Waals surface area contributed by atoms with Crippen molar-refractivity contribution in [3.05, 3.63) is 34.9 Å². The first-order valence-electron chi connectivity index (χ1n) is 7.12. The van der Waals surface area contributed by atoms with Crippen molar-refractivity contribution in [2.45, 2.75) is 38.1 Å². The lowest BCUT2D eigenvalue weighted by molar-refractivity contribution is -0.205. The van der Waals surface area contributed by atoms with E-state index >= 15 is 0 Å². The maximum atomic E-state index is 12.2. The Morgan fingerprint density at radius 2 is 2.05 bits per heavy atom. The minimum Gasteiger partial charge on any atom is -0.382 e. The molecule has 0 spiro atoms. The van der Waals surface area contributed by atoms with Gasteiger partial charge in [0, 0.05) is 13.6 Å². The van der Waals surface area contributed by atoms with E-state index in [9.17, 15) is 18.0 Å². The number of aliphatic hydroxyl groups excluding tert-OH is 1. The number of carbonyl (C=O) groups is 1. The number of amides is 2. The molecule has 2 rings (SSSR count). The highest BCUT2D eigenvalue weighted by Crippen LogP contribution is 2.23. The van der Waals surface area contributed by atoms with Gasteiger partial charge in [-0.25, -0.2) is 4.79 Å². The Bertz CT molecular complexity index is 546. The van der Waals surface area contributed by atoms with Crippen LogP contribution in [0, 0.1) is 0 Å². The van der Waals surface area contributed by atoms with E-state index in [0.717, 1.165) is 29.7 Å². The maximum Gasteiger partial charge on any atom is 0.416 e. The zero-order valence-electron chi connectivity index (χ0n) is 12.3. The van der Waals surface area contributed by atoms with Crippen LogP contribution >= 0.6 is 0 Å². The minimum absolute atomic E-state index is 0.249. The Labute approximate surface area is 126 Å². The van der Waals surface area contributed by atoms with E-state index in [1.807, 2.05) is 18.2 Å². The van der Waals surface area contributed by atoms with Crippen LogP contribution in [0.25, 0.3) is 0 Å². The first kappa shape index (κ1) is 16.6. The second-order valence-electron chi connectivity index (χ2n) is 5.55. The highest BCUT2D eigenvalue weighted by Gasteiger charge is 2.39. The number of benzene rings is 1. The second kappa shape index (κ2) is 6.56. The summed E-state index contributed by atoms with van der Waals surface area (Å²) in [4.78, 5) is 12.6. The van der Waals surface area contributed by atoms with Crippen molar-refractivity contribution in [3.8, 4) is 0 Å². The molecule has 1 aromatic carbocycles. The van der Waals surface area contributed by atoms with E-state index in [-0.39, 0.29) is 6.54 Å². The Hall–Kier alpha value is -1.76. The second-order valence-corrected chi connectivity index (χ2v) is 5.55. The quantitative estimate of drug-likeness (QED) is 0.895. The summed E-state index contributed by atoms with van der Waals surface area (Å²) in [5, 5.41) is 11.5. The smallest absolute Gasteiger partial charge is 0.382 e. The lowest BCUT2D eigenvalue weighted by Crippen LogP contribution is -2.45. The number of hydrogen-bond donors (Lipinski definition) is 2. The predicted octanol–water partition coefficient (Wildman–Crippen LogP) is 2.24. The van der Waals surface area contributed by atoms with Gasteiger partial charge in [0.25, 0.3) is 0 Å². The molecule has 4 nitrogen and oxygen atoms in total. The number of aliphatic hydroxyl groups is 1. The van der Waals surface area contributed by atoms with Gasteiger partial charge in [0.1, 0.15) is 0 Å². The van der Waals surface area contributed by atoms with Gasteiger partial charge in [-0.2, -0.15) is 13.2 Å². The molecule has 7 heteroatoms. The Morgan fingerprint density at radius 3 is 2.73 bits per heavy atom. The van der Waals surface area contributed by atoms with Gasteiger partial charge in [-0.1, -0.05) is 18.2 Å². The molecule has 1 aliphatic rings. The molecular formula is C15H19F3N2O2. The van der Waals surface area contributed by atoms with Crippen LogP contribution < -0.4 is 5.32 Å². The number of halogens is 3. The summed E-state index contributed by atoms with van der Waals surface area (Å²) >= 11 is 0. The molecule has 2 amide bonds. The molecule has 0 aliphatic heterocycles. The Kier molecular flexibility index (Phi) is 4.95. The third-order valence-electron chi connectivity index (χ3n) is 3.78. The van der Waals surface area contributed by atoms with Crippen LogP contribution in [0.1, 0.15) is 23.1 Å². The number of nitrogens with one attached hydrogen (secondary N) is 1. The molecular weight excluding hydrogens is 297 g/mol. The predicted molar refractivity (Wildman–Crippen MR) is 75.4 cm³/mol. The minimum atomic E-state index is -4.73. The van der Waals surface area contributed by atoms with Gasteiger partial charge in [-0.3, -0.25) is 0 Å². The number of hydrogen-bond acceptors (Lipinski definition) is 2. The molecule has 2 N–H and O–H groups in total. The normalized spacial score (nSPS) is 15.3. The third-order valence-corrected chi connectivity index (χ3v) is 3.78. The van der Waals surface area contributed by atoms with E-state index in [1.54, 1.807) is 0 Å². The Morgan fingerprint density at radius 1 is 1.36 bits per heavy atom. The van der Waals surface area contributed by atoms with Crippen LogP contribution in [0.3, 0.4) is 0 Å². The van der Waals surface area contributed by atoms with Crippen LogP contribution in [0.5, 0.6) is 0 Å². The molecule has 1 aliphatic carbocycles. The van der Waals surface area contributed by atoms with Gasteiger partial charge in [0.15, 0.2) is 6.10 Å². The number of fused-ring (bicyclic) bond motifs is 1. The number of alkyl halides is 3.